The third-order valence-electron chi connectivity index (χ3n) is 3.77. The van der Waals surface area contributed by atoms with E-state index in [1.807, 2.05) is 0 Å². The third kappa shape index (κ3) is 4.92. The standard InChI is InChI=1S/C13H20N2O5S2/c1-20-12-6-10(21-14-12)8-22(18,19)15-11(7-13(16)17)9-4-2-3-5-9/h6,9,11,15H,2-5,7-8H2,1H3,(H,16,17)/t11-/m0/s1. The van der Waals surface area contributed by atoms with E-state index in [4.69, 9.17) is 9.84 Å². The van der Waals surface area contributed by atoms with E-state index in [-0.39, 0.29) is 18.1 Å². The Morgan fingerprint density at radius 1 is 1.55 bits per heavy atom. The molecule has 1 aliphatic rings. The van der Waals surface area contributed by atoms with Crippen LogP contribution in [-0.4, -0.2) is 37.0 Å². The maximum absolute atomic E-state index is 12.3. The molecule has 1 fully saturated rings. The second-order valence-electron chi connectivity index (χ2n) is 5.46. The van der Waals surface area contributed by atoms with Crippen molar-refractivity contribution in [2.45, 2.75) is 43.9 Å². The maximum Gasteiger partial charge on any atom is 0.304 e. The average molecular weight is 348 g/mol. The van der Waals surface area contributed by atoms with Gasteiger partial charge in [0.1, 0.15) is 5.75 Å². The van der Waals surface area contributed by atoms with Crippen LogP contribution in [0, 0.1) is 5.92 Å². The minimum atomic E-state index is -3.61. The molecule has 0 unspecified atom stereocenters. The quantitative estimate of drug-likeness (QED) is 0.739. The number of carboxylic acid groups (broad SMARTS) is 1. The van der Waals surface area contributed by atoms with Crippen LogP contribution in [0.4, 0.5) is 0 Å². The van der Waals surface area contributed by atoms with Gasteiger partial charge in [0.05, 0.1) is 13.5 Å². The molecule has 7 nitrogen and oxygen atoms in total. The largest absolute Gasteiger partial charge is 0.481 e. The molecule has 0 amide bonds. The molecule has 22 heavy (non-hydrogen) atoms. The van der Waals surface area contributed by atoms with Gasteiger partial charge in [-0.05, 0) is 30.3 Å². The van der Waals surface area contributed by atoms with Gasteiger partial charge in [0, 0.05) is 17.0 Å². The van der Waals surface area contributed by atoms with Crippen molar-refractivity contribution in [3.05, 3.63) is 10.9 Å². The second-order valence-corrected chi connectivity index (χ2v) is 8.10. The Labute approximate surface area is 133 Å². The highest BCUT2D eigenvalue weighted by atomic mass is 32.2. The lowest BCUT2D eigenvalue weighted by atomic mass is 9.96. The molecule has 0 saturated heterocycles. The number of carboxylic acids is 1. The summed E-state index contributed by atoms with van der Waals surface area (Å²) < 4.78 is 36.0. The molecule has 2 rings (SSSR count). The van der Waals surface area contributed by atoms with Crippen molar-refractivity contribution < 1.29 is 23.1 Å². The zero-order valence-electron chi connectivity index (χ0n) is 12.3. The summed E-state index contributed by atoms with van der Waals surface area (Å²) in [5.74, 6) is -0.717. The molecule has 0 aliphatic heterocycles. The van der Waals surface area contributed by atoms with E-state index in [0.29, 0.717) is 10.8 Å². The number of hydrogen-bond donors (Lipinski definition) is 2. The summed E-state index contributed by atoms with van der Waals surface area (Å²) in [6.45, 7) is 0. The average Bonchev–Trinajstić information content (AvgIpc) is 3.06. The monoisotopic (exact) mass is 348 g/mol. The summed E-state index contributed by atoms with van der Waals surface area (Å²) in [7, 11) is -2.14. The van der Waals surface area contributed by atoms with Crippen LogP contribution < -0.4 is 9.46 Å². The first-order valence-electron chi connectivity index (χ1n) is 7.11. The first kappa shape index (κ1) is 17.2. The van der Waals surface area contributed by atoms with E-state index in [9.17, 15) is 13.2 Å². The van der Waals surface area contributed by atoms with Gasteiger partial charge in [-0.1, -0.05) is 12.8 Å². The zero-order valence-corrected chi connectivity index (χ0v) is 14.0. The van der Waals surface area contributed by atoms with Gasteiger partial charge in [-0.15, -0.1) is 0 Å². The Morgan fingerprint density at radius 2 is 2.23 bits per heavy atom. The molecule has 9 heteroatoms. The Bertz CT molecular complexity index is 608. The van der Waals surface area contributed by atoms with Gasteiger partial charge >= 0.3 is 5.97 Å². The van der Waals surface area contributed by atoms with Crippen LogP contribution in [0.3, 0.4) is 0 Å². The fraction of sp³-hybridized carbons (Fsp3) is 0.692. The summed E-state index contributed by atoms with van der Waals surface area (Å²) in [5.41, 5.74) is 0. The van der Waals surface area contributed by atoms with Crippen LogP contribution in [0.25, 0.3) is 0 Å². The molecule has 0 spiro atoms. The minimum absolute atomic E-state index is 0.0990. The number of hydrogen-bond acceptors (Lipinski definition) is 6. The summed E-state index contributed by atoms with van der Waals surface area (Å²) in [6.07, 6.45) is 3.60. The van der Waals surface area contributed by atoms with E-state index in [0.717, 1.165) is 37.2 Å². The molecule has 1 saturated carbocycles. The summed E-state index contributed by atoms with van der Waals surface area (Å²) in [4.78, 5) is 11.6. The molecular weight excluding hydrogens is 328 g/mol. The molecule has 2 N–H and O–H groups in total. The van der Waals surface area contributed by atoms with E-state index >= 15 is 0 Å². The lowest BCUT2D eigenvalue weighted by Crippen LogP contribution is -2.41. The number of nitrogens with one attached hydrogen (secondary N) is 1. The van der Waals surface area contributed by atoms with Crippen molar-refractivity contribution in [3.63, 3.8) is 0 Å². The number of aliphatic carboxylic acids is 1. The minimum Gasteiger partial charge on any atom is -0.481 e. The highest BCUT2D eigenvalue weighted by Crippen LogP contribution is 2.30. The lowest BCUT2D eigenvalue weighted by molar-refractivity contribution is -0.137. The normalized spacial score (nSPS) is 17.5. The Hall–Kier alpha value is -1.19. The van der Waals surface area contributed by atoms with Gasteiger partial charge in [-0.25, -0.2) is 13.1 Å². The van der Waals surface area contributed by atoms with Crippen molar-refractivity contribution in [2.75, 3.05) is 7.11 Å². The summed E-state index contributed by atoms with van der Waals surface area (Å²) >= 11 is 1.06. The molecule has 1 atom stereocenters. The first-order valence-corrected chi connectivity index (χ1v) is 9.53. The third-order valence-corrected chi connectivity index (χ3v) is 6.08. The highest BCUT2D eigenvalue weighted by molar-refractivity contribution is 7.88. The van der Waals surface area contributed by atoms with Gasteiger partial charge in [0.15, 0.2) is 0 Å². The summed E-state index contributed by atoms with van der Waals surface area (Å²) in [5, 5.41) is 9.01. The fourth-order valence-electron chi connectivity index (χ4n) is 2.77. The van der Waals surface area contributed by atoms with Gasteiger partial charge < -0.3 is 9.84 Å². The Balaban J connectivity index is 2.04. The lowest BCUT2D eigenvalue weighted by Gasteiger charge is -2.22. The molecule has 1 aromatic rings. The van der Waals surface area contributed by atoms with E-state index in [1.165, 1.54) is 7.11 Å². The molecule has 1 aromatic heterocycles. The molecular formula is C13H20N2O5S2. The van der Waals surface area contributed by atoms with Crippen molar-refractivity contribution in [2.24, 2.45) is 5.92 Å². The number of rotatable bonds is 8. The predicted molar refractivity (Wildman–Crippen MR) is 82.4 cm³/mol. The molecule has 0 bridgehead atoms. The molecule has 1 aliphatic carbocycles. The topological polar surface area (TPSA) is 106 Å². The van der Waals surface area contributed by atoms with Crippen LogP contribution in [0.5, 0.6) is 5.88 Å². The van der Waals surface area contributed by atoms with Crippen LogP contribution in [-0.2, 0) is 20.6 Å². The van der Waals surface area contributed by atoms with Crippen LogP contribution >= 0.6 is 11.5 Å². The second kappa shape index (κ2) is 7.38. The number of ether oxygens (including phenoxy) is 1. The Kier molecular flexibility index (Phi) is 5.76. The molecule has 1 heterocycles. The van der Waals surface area contributed by atoms with Crippen molar-refractivity contribution in [1.82, 2.24) is 9.10 Å². The highest BCUT2D eigenvalue weighted by Gasteiger charge is 2.30. The number of nitrogens with zero attached hydrogens (tertiary/aromatic N) is 1. The zero-order chi connectivity index (χ0) is 16.2. The van der Waals surface area contributed by atoms with Crippen LogP contribution in [0.1, 0.15) is 37.0 Å². The van der Waals surface area contributed by atoms with E-state index in [1.54, 1.807) is 6.07 Å². The number of sulfonamides is 1. The summed E-state index contributed by atoms with van der Waals surface area (Å²) in [6, 6.07) is 1.03. The van der Waals surface area contributed by atoms with Crippen LogP contribution in [0.2, 0.25) is 0 Å². The van der Waals surface area contributed by atoms with Crippen molar-refractivity contribution in [3.8, 4) is 5.88 Å². The number of methoxy groups -OCH3 is 1. The smallest absolute Gasteiger partial charge is 0.304 e. The van der Waals surface area contributed by atoms with Gasteiger partial charge in [0.2, 0.25) is 15.9 Å². The first-order chi connectivity index (χ1) is 10.4. The number of carbonyl (C=O) groups is 1. The van der Waals surface area contributed by atoms with Crippen LogP contribution in [0.15, 0.2) is 6.07 Å². The van der Waals surface area contributed by atoms with Crippen molar-refractivity contribution in [1.29, 1.82) is 0 Å². The molecule has 0 radical (unpaired) electrons. The van der Waals surface area contributed by atoms with E-state index < -0.39 is 22.0 Å². The predicted octanol–water partition coefficient (Wildman–Crippen LogP) is 1.60. The fourth-order valence-corrected chi connectivity index (χ4v) is 5.21. The molecule has 124 valence electrons. The van der Waals surface area contributed by atoms with Crippen molar-refractivity contribution >= 4 is 27.5 Å². The maximum atomic E-state index is 12.3. The Morgan fingerprint density at radius 3 is 2.77 bits per heavy atom. The molecule has 0 aromatic carbocycles. The van der Waals surface area contributed by atoms with Gasteiger partial charge in [-0.3, -0.25) is 4.79 Å². The number of aromatic nitrogens is 1. The van der Waals surface area contributed by atoms with E-state index in [2.05, 4.69) is 9.10 Å². The van der Waals surface area contributed by atoms with Gasteiger partial charge in [-0.2, -0.15) is 4.37 Å². The SMILES string of the molecule is COc1cc(CS(=O)(=O)N[C@@H](CC(=O)O)C2CCCC2)sn1. The van der Waals surface area contributed by atoms with Gasteiger partial charge in [0.25, 0.3) is 0 Å².